The number of piperidine rings is 1. The Morgan fingerprint density at radius 1 is 0.844 bits per heavy atom. The van der Waals surface area contributed by atoms with E-state index in [0.717, 1.165) is 49.3 Å². The van der Waals surface area contributed by atoms with Crippen molar-refractivity contribution >= 4 is 27.3 Å². The van der Waals surface area contributed by atoms with Gasteiger partial charge < -0.3 is 14.5 Å². The number of morpholine rings is 1. The number of rotatable bonds is 4. The van der Waals surface area contributed by atoms with Crippen molar-refractivity contribution in [2.75, 3.05) is 55.7 Å². The monoisotopic (exact) mass is 455 g/mol. The van der Waals surface area contributed by atoms with Crippen LogP contribution in [-0.2, 0) is 21.2 Å². The molecule has 7 nitrogen and oxygen atoms in total. The van der Waals surface area contributed by atoms with E-state index in [4.69, 9.17) is 4.74 Å². The van der Waals surface area contributed by atoms with Gasteiger partial charge in [-0.3, -0.25) is 4.79 Å². The minimum Gasteiger partial charge on any atom is -0.379 e. The van der Waals surface area contributed by atoms with Crippen molar-refractivity contribution in [3.8, 4) is 0 Å². The van der Waals surface area contributed by atoms with Crippen molar-refractivity contribution in [1.29, 1.82) is 0 Å². The number of benzene rings is 2. The van der Waals surface area contributed by atoms with Crippen LogP contribution in [-0.4, -0.2) is 64.6 Å². The van der Waals surface area contributed by atoms with Gasteiger partial charge in [-0.2, -0.15) is 4.31 Å². The SMILES string of the molecule is O=C(c1cc(S(=O)(=O)N2CCOCC2)ccc1N1CCCCC1)N1CCc2ccccc21. The van der Waals surface area contributed by atoms with E-state index < -0.39 is 10.0 Å². The van der Waals surface area contributed by atoms with Crippen LogP contribution >= 0.6 is 0 Å². The number of hydrogen-bond donors (Lipinski definition) is 0. The molecule has 0 spiro atoms. The van der Waals surface area contributed by atoms with E-state index in [1.807, 2.05) is 30.3 Å². The average Bonchev–Trinajstić information content (AvgIpc) is 3.28. The highest BCUT2D eigenvalue weighted by atomic mass is 32.2. The van der Waals surface area contributed by atoms with E-state index in [-0.39, 0.29) is 10.8 Å². The van der Waals surface area contributed by atoms with Gasteiger partial charge in [-0.15, -0.1) is 0 Å². The number of ether oxygens (including phenoxy) is 1. The number of fused-ring (bicyclic) bond motifs is 1. The third-order valence-corrected chi connectivity index (χ3v) is 8.53. The minimum absolute atomic E-state index is 0.130. The maximum atomic E-state index is 13.8. The van der Waals surface area contributed by atoms with E-state index in [0.29, 0.717) is 38.4 Å². The van der Waals surface area contributed by atoms with Crippen LogP contribution in [0.25, 0.3) is 0 Å². The molecular weight excluding hydrogens is 426 g/mol. The molecule has 2 aromatic carbocycles. The third kappa shape index (κ3) is 3.91. The zero-order valence-corrected chi connectivity index (χ0v) is 19.0. The lowest BCUT2D eigenvalue weighted by atomic mass is 10.1. The number of sulfonamides is 1. The summed E-state index contributed by atoms with van der Waals surface area (Å²) in [7, 11) is -3.69. The van der Waals surface area contributed by atoms with Crippen LogP contribution in [0.2, 0.25) is 0 Å². The molecule has 0 aromatic heterocycles. The van der Waals surface area contributed by atoms with E-state index in [1.165, 1.54) is 10.7 Å². The second kappa shape index (κ2) is 8.84. The Hall–Kier alpha value is -2.42. The number of amides is 1. The van der Waals surface area contributed by atoms with Gasteiger partial charge in [0.25, 0.3) is 5.91 Å². The van der Waals surface area contributed by atoms with Gasteiger partial charge in [0.1, 0.15) is 0 Å². The summed E-state index contributed by atoms with van der Waals surface area (Å²) in [5.74, 6) is -0.130. The van der Waals surface area contributed by atoms with Gasteiger partial charge in [-0.05, 0) is 55.5 Å². The average molecular weight is 456 g/mol. The number of hydrogen-bond acceptors (Lipinski definition) is 5. The molecule has 2 aromatic rings. The Balaban J connectivity index is 1.55. The van der Waals surface area contributed by atoms with Crippen molar-refractivity contribution in [3.05, 3.63) is 53.6 Å². The largest absolute Gasteiger partial charge is 0.379 e. The van der Waals surface area contributed by atoms with Gasteiger partial charge in [-0.25, -0.2) is 8.42 Å². The second-order valence-corrected chi connectivity index (χ2v) is 10.5. The number of anilines is 2. The molecule has 32 heavy (non-hydrogen) atoms. The first-order valence-corrected chi connectivity index (χ1v) is 12.9. The first kappa shape index (κ1) is 21.4. The molecule has 2 saturated heterocycles. The molecule has 0 saturated carbocycles. The molecule has 0 radical (unpaired) electrons. The number of para-hydroxylation sites is 1. The minimum atomic E-state index is -3.69. The molecule has 0 aliphatic carbocycles. The maximum Gasteiger partial charge on any atom is 0.260 e. The smallest absolute Gasteiger partial charge is 0.260 e. The highest BCUT2D eigenvalue weighted by Gasteiger charge is 2.32. The maximum absolute atomic E-state index is 13.8. The van der Waals surface area contributed by atoms with Crippen LogP contribution in [0.3, 0.4) is 0 Å². The van der Waals surface area contributed by atoms with Crippen molar-refractivity contribution in [2.45, 2.75) is 30.6 Å². The standard InChI is InChI=1S/C24H29N3O4S/c28-24(27-13-10-19-6-2-3-7-22(19)27)21-18-20(32(29,30)26-14-16-31-17-15-26)8-9-23(21)25-11-4-1-5-12-25/h2-3,6-9,18H,1,4-5,10-17H2. The Bertz CT molecular complexity index is 1110. The highest BCUT2D eigenvalue weighted by Crippen LogP contribution is 2.34. The Labute approximate surface area is 189 Å². The lowest BCUT2D eigenvalue weighted by Gasteiger charge is -2.32. The number of nitrogens with zero attached hydrogens (tertiary/aromatic N) is 3. The second-order valence-electron chi connectivity index (χ2n) is 8.58. The molecule has 0 unspecified atom stereocenters. The summed E-state index contributed by atoms with van der Waals surface area (Å²) in [5.41, 5.74) is 3.37. The van der Waals surface area contributed by atoms with Crippen molar-refractivity contribution in [3.63, 3.8) is 0 Å². The quantitative estimate of drug-likeness (QED) is 0.709. The van der Waals surface area contributed by atoms with E-state index in [9.17, 15) is 13.2 Å². The number of carbonyl (C=O) groups excluding carboxylic acids is 1. The topological polar surface area (TPSA) is 70.2 Å². The van der Waals surface area contributed by atoms with Crippen molar-refractivity contribution in [1.82, 2.24) is 4.31 Å². The van der Waals surface area contributed by atoms with E-state index in [1.54, 1.807) is 17.0 Å². The van der Waals surface area contributed by atoms with Crippen LogP contribution in [0.5, 0.6) is 0 Å². The fourth-order valence-corrected chi connectivity index (χ4v) is 6.32. The van der Waals surface area contributed by atoms with Crippen LogP contribution in [0.15, 0.2) is 47.4 Å². The van der Waals surface area contributed by atoms with Gasteiger partial charge in [0.05, 0.1) is 23.7 Å². The summed E-state index contributed by atoms with van der Waals surface area (Å²) in [6.07, 6.45) is 4.15. The van der Waals surface area contributed by atoms with Crippen LogP contribution < -0.4 is 9.80 Å². The summed E-state index contributed by atoms with van der Waals surface area (Å²) in [5, 5.41) is 0. The molecule has 170 valence electrons. The van der Waals surface area contributed by atoms with Gasteiger partial charge in [-0.1, -0.05) is 18.2 Å². The molecule has 5 rings (SSSR count). The zero-order chi connectivity index (χ0) is 22.1. The van der Waals surface area contributed by atoms with Gasteiger partial charge in [0, 0.05) is 44.1 Å². The van der Waals surface area contributed by atoms with Crippen LogP contribution in [0.1, 0.15) is 35.2 Å². The predicted octanol–water partition coefficient (Wildman–Crippen LogP) is 2.90. The van der Waals surface area contributed by atoms with Crippen LogP contribution in [0.4, 0.5) is 11.4 Å². The molecule has 0 bridgehead atoms. The lowest BCUT2D eigenvalue weighted by molar-refractivity contribution is 0.0730. The molecule has 2 fully saturated rings. The van der Waals surface area contributed by atoms with Gasteiger partial charge >= 0.3 is 0 Å². The summed E-state index contributed by atoms with van der Waals surface area (Å²) >= 11 is 0. The predicted molar refractivity (Wildman–Crippen MR) is 124 cm³/mol. The molecule has 3 aliphatic rings. The van der Waals surface area contributed by atoms with Gasteiger partial charge in [0.2, 0.25) is 10.0 Å². The molecule has 1 amide bonds. The normalized spacial score (nSPS) is 19.8. The summed E-state index contributed by atoms with van der Waals surface area (Å²) in [6, 6.07) is 13.0. The molecule has 8 heteroatoms. The zero-order valence-electron chi connectivity index (χ0n) is 18.2. The fraction of sp³-hybridized carbons (Fsp3) is 0.458. The summed E-state index contributed by atoms with van der Waals surface area (Å²) in [6.45, 7) is 3.82. The first-order valence-electron chi connectivity index (χ1n) is 11.4. The molecule has 3 aliphatic heterocycles. The van der Waals surface area contributed by atoms with E-state index in [2.05, 4.69) is 4.90 Å². The lowest BCUT2D eigenvalue weighted by Crippen LogP contribution is -2.41. The summed E-state index contributed by atoms with van der Waals surface area (Å²) in [4.78, 5) is 18.0. The Kier molecular flexibility index (Phi) is 5.92. The fourth-order valence-electron chi connectivity index (χ4n) is 4.89. The van der Waals surface area contributed by atoms with Crippen molar-refractivity contribution in [2.24, 2.45) is 0 Å². The molecule has 3 heterocycles. The molecule has 0 N–H and O–H groups in total. The third-order valence-electron chi connectivity index (χ3n) is 6.64. The molecular formula is C24H29N3O4S. The number of carbonyl (C=O) groups is 1. The van der Waals surface area contributed by atoms with E-state index >= 15 is 0 Å². The Morgan fingerprint density at radius 2 is 1.59 bits per heavy atom. The molecule has 0 atom stereocenters. The Morgan fingerprint density at radius 3 is 2.38 bits per heavy atom. The first-order chi connectivity index (χ1) is 15.6. The van der Waals surface area contributed by atoms with Crippen LogP contribution in [0, 0.1) is 0 Å². The summed E-state index contributed by atoms with van der Waals surface area (Å²) < 4.78 is 33.4. The van der Waals surface area contributed by atoms with Crippen molar-refractivity contribution < 1.29 is 17.9 Å². The highest BCUT2D eigenvalue weighted by molar-refractivity contribution is 7.89. The van der Waals surface area contributed by atoms with Gasteiger partial charge in [0.15, 0.2) is 0 Å².